The third-order valence-corrected chi connectivity index (χ3v) is 5.22. The second-order valence-corrected chi connectivity index (χ2v) is 8.21. The van der Waals surface area contributed by atoms with Crippen molar-refractivity contribution in [1.29, 1.82) is 0 Å². The van der Waals surface area contributed by atoms with Gasteiger partial charge in [-0.25, -0.2) is 9.59 Å². The molecule has 1 unspecified atom stereocenters. The van der Waals surface area contributed by atoms with Crippen molar-refractivity contribution in [2.45, 2.75) is 45.9 Å². The fraction of sp³-hybridized carbons (Fsp3) is 0.417. The molecule has 1 aromatic rings. The number of carbonyl (C=O) groups is 4. The third kappa shape index (κ3) is 5.92. The van der Waals surface area contributed by atoms with Crippen LogP contribution in [0.2, 0.25) is 0 Å². The average molecular weight is 481 g/mol. The maximum atomic E-state index is 13.2. The summed E-state index contributed by atoms with van der Waals surface area (Å²) in [5.74, 6) is -4.89. The van der Waals surface area contributed by atoms with Crippen LogP contribution in [0.4, 0.5) is 13.2 Å². The van der Waals surface area contributed by atoms with E-state index in [9.17, 15) is 32.3 Å². The minimum Gasteiger partial charge on any atom is -0.459 e. The Hall–Kier alpha value is -3.43. The minimum absolute atomic E-state index is 0.0585. The first-order valence-electron chi connectivity index (χ1n) is 10.5. The van der Waals surface area contributed by atoms with Gasteiger partial charge in [0.15, 0.2) is 5.78 Å². The highest BCUT2D eigenvalue weighted by molar-refractivity contribution is 6.10. The van der Waals surface area contributed by atoms with Gasteiger partial charge in [-0.05, 0) is 51.3 Å². The van der Waals surface area contributed by atoms with Gasteiger partial charge < -0.3 is 14.4 Å². The number of carbonyl (C=O) groups excluding carboxylic acids is 4. The summed E-state index contributed by atoms with van der Waals surface area (Å²) in [7, 11) is 0. The summed E-state index contributed by atoms with van der Waals surface area (Å²) in [5, 5.41) is 0. The third-order valence-electron chi connectivity index (χ3n) is 5.22. The molecule has 1 atom stereocenters. The lowest BCUT2D eigenvalue weighted by molar-refractivity contribution is -0.161. The van der Waals surface area contributed by atoms with Crippen molar-refractivity contribution < 1.29 is 41.8 Å². The molecule has 0 bridgehead atoms. The van der Waals surface area contributed by atoms with Crippen molar-refractivity contribution in [1.82, 2.24) is 4.90 Å². The van der Waals surface area contributed by atoms with Gasteiger partial charge in [0.1, 0.15) is 18.2 Å². The molecule has 0 spiro atoms. The zero-order valence-electron chi connectivity index (χ0n) is 19.3. The molecule has 0 aliphatic carbocycles. The highest BCUT2D eigenvalue weighted by Crippen LogP contribution is 2.33. The molecule has 0 aromatic heterocycles. The Balaban J connectivity index is 2.28. The largest absolute Gasteiger partial charge is 0.459 e. The number of halogens is 3. The molecule has 2 rings (SSSR count). The summed E-state index contributed by atoms with van der Waals surface area (Å²) in [6.45, 7) is 8.85. The van der Waals surface area contributed by atoms with Gasteiger partial charge in [-0.15, -0.1) is 0 Å². The van der Waals surface area contributed by atoms with E-state index in [1.165, 1.54) is 32.9 Å². The number of nitrogens with zero attached hydrogens (tertiary/aromatic N) is 1. The molecule has 0 N–H and O–H groups in total. The number of esters is 2. The summed E-state index contributed by atoms with van der Waals surface area (Å²) in [6, 6.07) is 4.51. The van der Waals surface area contributed by atoms with Crippen LogP contribution in [0.3, 0.4) is 0 Å². The normalized spacial score (nSPS) is 16.7. The molecule has 0 saturated heterocycles. The molecule has 10 heteroatoms. The molecule has 1 amide bonds. The molecule has 34 heavy (non-hydrogen) atoms. The number of allylic oxidation sites excluding steroid dienone is 2. The summed E-state index contributed by atoms with van der Waals surface area (Å²) in [6.07, 6.45) is -3.24. The quantitative estimate of drug-likeness (QED) is 0.320. The standard InChI is InChI=1S/C24H26F3NO6/c1-6-10-33-22(32)23(4,5)34-21(31)16-11-15(9-8-14(16)3)12-17-18(29)13-19(24(25,26)27)28(7-2)20(17)30/h6,8-9,11,13,17H,1,7,10,12H2,2-5H3. The molecular formula is C24H26F3NO6. The van der Waals surface area contributed by atoms with E-state index in [0.717, 1.165) is 0 Å². The van der Waals surface area contributed by atoms with Gasteiger partial charge in [-0.3, -0.25) is 9.59 Å². The van der Waals surface area contributed by atoms with Crippen LogP contribution in [0.5, 0.6) is 0 Å². The van der Waals surface area contributed by atoms with E-state index < -0.39 is 47.0 Å². The Bertz CT molecular complexity index is 1040. The Morgan fingerprint density at radius 1 is 1.21 bits per heavy atom. The molecule has 0 radical (unpaired) electrons. The Labute approximate surface area is 195 Å². The number of ether oxygens (including phenoxy) is 2. The van der Waals surface area contributed by atoms with Crippen molar-refractivity contribution in [2.75, 3.05) is 13.2 Å². The monoisotopic (exact) mass is 481 g/mol. The van der Waals surface area contributed by atoms with Gasteiger partial charge >= 0.3 is 18.1 Å². The molecule has 0 saturated carbocycles. The lowest BCUT2D eigenvalue weighted by Crippen LogP contribution is -2.47. The summed E-state index contributed by atoms with van der Waals surface area (Å²) in [4.78, 5) is 50.5. The number of hydrogen-bond donors (Lipinski definition) is 0. The van der Waals surface area contributed by atoms with Crippen LogP contribution in [0, 0.1) is 12.8 Å². The molecule has 0 fully saturated rings. The number of alkyl halides is 3. The van der Waals surface area contributed by atoms with E-state index in [1.807, 2.05) is 0 Å². The summed E-state index contributed by atoms with van der Waals surface area (Å²) in [5.41, 5.74) is -1.94. The minimum atomic E-state index is -4.84. The number of amides is 1. The van der Waals surface area contributed by atoms with Crippen molar-refractivity contribution in [2.24, 2.45) is 5.92 Å². The Kier molecular flexibility index (Phi) is 8.07. The maximum absolute atomic E-state index is 13.2. The van der Waals surface area contributed by atoms with Gasteiger partial charge in [0, 0.05) is 12.6 Å². The van der Waals surface area contributed by atoms with Crippen molar-refractivity contribution >= 4 is 23.6 Å². The van der Waals surface area contributed by atoms with Gasteiger partial charge in [-0.1, -0.05) is 24.8 Å². The van der Waals surface area contributed by atoms with E-state index >= 15 is 0 Å². The van der Waals surface area contributed by atoms with E-state index in [2.05, 4.69) is 6.58 Å². The van der Waals surface area contributed by atoms with E-state index in [1.54, 1.807) is 19.1 Å². The van der Waals surface area contributed by atoms with Crippen LogP contribution in [0.15, 0.2) is 42.6 Å². The second kappa shape index (κ2) is 10.2. The number of hydrogen-bond acceptors (Lipinski definition) is 6. The van der Waals surface area contributed by atoms with E-state index in [4.69, 9.17) is 9.47 Å². The number of ketones is 1. The smallest absolute Gasteiger partial charge is 0.431 e. The number of aryl methyl sites for hydroxylation is 1. The van der Waals surface area contributed by atoms with Gasteiger partial charge in [0.25, 0.3) is 0 Å². The van der Waals surface area contributed by atoms with Crippen LogP contribution in [-0.2, 0) is 30.3 Å². The number of benzene rings is 1. The molecule has 184 valence electrons. The highest BCUT2D eigenvalue weighted by Gasteiger charge is 2.46. The highest BCUT2D eigenvalue weighted by atomic mass is 19.4. The first kappa shape index (κ1) is 26.8. The molecule has 7 nitrogen and oxygen atoms in total. The SMILES string of the molecule is C=CCOC(=O)C(C)(C)OC(=O)c1cc(CC2C(=O)C=C(C(F)(F)F)N(CC)C2=O)ccc1C. The number of rotatable bonds is 8. The van der Waals surface area contributed by atoms with Crippen LogP contribution >= 0.6 is 0 Å². The predicted octanol–water partition coefficient (Wildman–Crippen LogP) is 3.70. The zero-order chi connectivity index (χ0) is 25.8. The van der Waals surface area contributed by atoms with Crippen molar-refractivity contribution in [3.05, 3.63) is 59.3 Å². The van der Waals surface area contributed by atoms with Crippen LogP contribution in [0.1, 0.15) is 42.3 Å². The summed E-state index contributed by atoms with van der Waals surface area (Å²) >= 11 is 0. The second-order valence-electron chi connectivity index (χ2n) is 8.21. The fourth-order valence-electron chi connectivity index (χ4n) is 3.38. The fourth-order valence-corrected chi connectivity index (χ4v) is 3.38. The lowest BCUT2D eigenvalue weighted by atomic mass is 9.89. The maximum Gasteiger partial charge on any atom is 0.431 e. The van der Waals surface area contributed by atoms with Crippen LogP contribution < -0.4 is 0 Å². The average Bonchev–Trinajstić information content (AvgIpc) is 2.74. The lowest BCUT2D eigenvalue weighted by Gasteiger charge is -2.32. The first-order valence-corrected chi connectivity index (χ1v) is 10.5. The van der Waals surface area contributed by atoms with E-state index in [0.29, 0.717) is 22.1 Å². The van der Waals surface area contributed by atoms with Crippen LogP contribution in [0.25, 0.3) is 0 Å². The first-order chi connectivity index (χ1) is 15.7. The van der Waals surface area contributed by atoms with Crippen molar-refractivity contribution in [3.8, 4) is 0 Å². The van der Waals surface area contributed by atoms with Gasteiger partial charge in [0.2, 0.25) is 11.5 Å². The summed E-state index contributed by atoms with van der Waals surface area (Å²) < 4.78 is 49.9. The molecular weight excluding hydrogens is 455 g/mol. The topological polar surface area (TPSA) is 90.0 Å². The van der Waals surface area contributed by atoms with Gasteiger partial charge in [0.05, 0.1) is 5.56 Å². The molecule has 1 aliphatic rings. The molecule has 1 aliphatic heterocycles. The molecule has 1 heterocycles. The Morgan fingerprint density at radius 2 is 1.85 bits per heavy atom. The van der Waals surface area contributed by atoms with Crippen LogP contribution in [-0.4, -0.2) is 53.5 Å². The van der Waals surface area contributed by atoms with E-state index in [-0.39, 0.29) is 25.1 Å². The Morgan fingerprint density at radius 3 is 2.41 bits per heavy atom. The zero-order valence-corrected chi connectivity index (χ0v) is 19.3. The predicted molar refractivity (Wildman–Crippen MR) is 116 cm³/mol. The van der Waals surface area contributed by atoms with Crippen molar-refractivity contribution in [3.63, 3.8) is 0 Å². The molecule has 1 aromatic carbocycles. The van der Waals surface area contributed by atoms with Gasteiger partial charge in [-0.2, -0.15) is 13.2 Å².